The van der Waals surface area contributed by atoms with Gasteiger partial charge in [0.2, 0.25) is 0 Å². The van der Waals surface area contributed by atoms with Crippen LogP contribution in [0.3, 0.4) is 0 Å². The summed E-state index contributed by atoms with van der Waals surface area (Å²) in [6.45, 7) is 5.59. The smallest absolute Gasteiger partial charge is 0.194 e. The Balaban J connectivity index is 1.41. The van der Waals surface area contributed by atoms with Gasteiger partial charge in [0.25, 0.3) is 0 Å². The van der Waals surface area contributed by atoms with Crippen molar-refractivity contribution in [3.63, 3.8) is 0 Å². The van der Waals surface area contributed by atoms with Crippen LogP contribution in [0.25, 0.3) is 17.5 Å². The molecular weight excluding hydrogens is 372 g/mol. The molecule has 2 aromatic carbocycles. The number of nitrogens with one attached hydrogen (secondary N) is 2. The highest BCUT2D eigenvalue weighted by atomic mass is 15.3. The lowest BCUT2D eigenvalue weighted by Crippen LogP contribution is -2.44. The van der Waals surface area contributed by atoms with Gasteiger partial charge in [-0.2, -0.15) is 5.10 Å². The van der Waals surface area contributed by atoms with E-state index in [2.05, 4.69) is 80.9 Å². The molecule has 1 fully saturated rings. The molecule has 6 heteroatoms. The fourth-order valence-corrected chi connectivity index (χ4v) is 3.69. The molecule has 0 unspecified atom stereocenters. The summed E-state index contributed by atoms with van der Waals surface area (Å²) in [6.07, 6.45) is 6.00. The first-order chi connectivity index (χ1) is 14.8. The zero-order valence-electron chi connectivity index (χ0n) is 17.4. The van der Waals surface area contributed by atoms with Gasteiger partial charge < -0.3 is 10.2 Å². The number of rotatable bonds is 5. The van der Waals surface area contributed by atoms with Crippen molar-refractivity contribution in [2.45, 2.75) is 26.3 Å². The monoisotopic (exact) mass is 400 g/mol. The van der Waals surface area contributed by atoms with E-state index in [1.54, 1.807) is 0 Å². The van der Waals surface area contributed by atoms with E-state index in [1.165, 1.54) is 17.5 Å². The number of hydrogen-bond donors (Lipinski definition) is 2. The minimum atomic E-state index is 0.632. The summed E-state index contributed by atoms with van der Waals surface area (Å²) in [5.74, 6) is 1.77. The molecule has 1 aliphatic heterocycles. The number of aliphatic imine (C=N–C) groups is 1. The number of piperidine rings is 1. The topological polar surface area (TPSA) is 69.2 Å². The average Bonchev–Trinajstić information content (AvgIpc) is 3.33. The molecule has 4 rings (SSSR count). The zero-order valence-corrected chi connectivity index (χ0v) is 17.4. The predicted molar refractivity (Wildman–Crippen MR) is 122 cm³/mol. The van der Waals surface area contributed by atoms with E-state index in [-0.39, 0.29) is 0 Å². The quantitative estimate of drug-likeness (QED) is 0.499. The van der Waals surface area contributed by atoms with E-state index in [0.29, 0.717) is 6.54 Å². The van der Waals surface area contributed by atoms with E-state index >= 15 is 0 Å². The van der Waals surface area contributed by atoms with Crippen molar-refractivity contribution in [2.24, 2.45) is 4.99 Å². The Bertz CT molecular complexity index is 982. The summed E-state index contributed by atoms with van der Waals surface area (Å²) in [5.41, 5.74) is 4.97. The van der Waals surface area contributed by atoms with Gasteiger partial charge in [0.05, 0.1) is 6.54 Å². The van der Waals surface area contributed by atoms with Gasteiger partial charge >= 0.3 is 0 Å². The first-order valence-electron chi connectivity index (χ1n) is 10.5. The minimum absolute atomic E-state index is 0.632. The van der Waals surface area contributed by atoms with Gasteiger partial charge in [0.15, 0.2) is 11.8 Å². The maximum Gasteiger partial charge on any atom is 0.194 e. The second kappa shape index (κ2) is 9.87. The molecule has 3 aromatic rings. The van der Waals surface area contributed by atoms with Gasteiger partial charge in [0, 0.05) is 25.2 Å². The van der Waals surface area contributed by atoms with Crippen molar-refractivity contribution in [1.82, 2.24) is 25.4 Å². The van der Waals surface area contributed by atoms with Crippen LogP contribution in [0.1, 0.15) is 30.9 Å². The van der Waals surface area contributed by atoms with Crippen molar-refractivity contribution in [1.29, 1.82) is 0 Å². The first kappa shape index (κ1) is 19.9. The Morgan fingerprint density at radius 1 is 1.13 bits per heavy atom. The third-order valence-electron chi connectivity index (χ3n) is 5.24. The number of likely N-dealkylation sites (tertiary alicyclic amines) is 1. The molecule has 1 aromatic heterocycles. The maximum atomic E-state index is 4.90. The second-order valence-electron chi connectivity index (χ2n) is 7.40. The SMILES string of the molecule is CCNC(=NCc1cccc(-c2ncn[nH]2)c1)N1CCC(=Cc2ccccc2)CC1. The molecule has 30 heavy (non-hydrogen) atoms. The van der Waals surface area contributed by atoms with Gasteiger partial charge in [-0.05, 0) is 37.0 Å². The summed E-state index contributed by atoms with van der Waals surface area (Å²) in [6, 6.07) is 18.9. The zero-order chi connectivity index (χ0) is 20.6. The summed E-state index contributed by atoms with van der Waals surface area (Å²) >= 11 is 0. The average molecular weight is 401 g/mol. The lowest BCUT2D eigenvalue weighted by Gasteiger charge is -2.31. The van der Waals surface area contributed by atoms with Crippen LogP contribution in [0.2, 0.25) is 0 Å². The molecule has 0 spiro atoms. The second-order valence-corrected chi connectivity index (χ2v) is 7.40. The predicted octanol–water partition coefficient (Wildman–Crippen LogP) is 4.12. The summed E-state index contributed by atoms with van der Waals surface area (Å²) in [7, 11) is 0. The number of H-pyrrole nitrogens is 1. The number of guanidine groups is 1. The number of hydrogen-bond acceptors (Lipinski definition) is 3. The number of aromatic nitrogens is 3. The Labute approximate surface area is 177 Å². The number of nitrogens with zero attached hydrogens (tertiary/aromatic N) is 4. The van der Waals surface area contributed by atoms with Gasteiger partial charge in [0.1, 0.15) is 6.33 Å². The Kier molecular flexibility index (Phi) is 6.54. The van der Waals surface area contributed by atoms with Crippen molar-refractivity contribution in [2.75, 3.05) is 19.6 Å². The van der Waals surface area contributed by atoms with Crippen LogP contribution in [-0.2, 0) is 6.54 Å². The van der Waals surface area contributed by atoms with Gasteiger partial charge in [-0.25, -0.2) is 9.98 Å². The van der Waals surface area contributed by atoms with Crippen molar-refractivity contribution < 1.29 is 0 Å². The molecule has 0 aliphatic carbocycles. The molecule has 2 heterocycles. The highest BCUT2D eigenvalue weighted by molar-refractivity contribution is 5.80. The van der Waals surface area contributed by atoms with E-state index in [0.717, 1.165) is 55.4 Å². The highest BCUT2D eigenvalue weighted by Crippen LogP contribution is 2.20. The lowest BCUT2D eigenvalue weighted by molar-refractivity contribution is 0.375. The summed E-state index contributed by atoms with van der Waals surface area (Å²) in [5, 5.41) is 10.3. The molecule has 0 saturated carbocycles. The van der Waals surface area contributed by atoms with Crippen LogP contribution in [0.4, 0.5) is 0 Å². The normalized spacial score (nSPS) is 14.6. The maximum absolute atomic E-state index is 4.90. The molecule has 1 aliphatic rings. The largest absolute Gasteiger partial charge is 0.357 e. The van der Waals surface area contributed by atoms with Crippen LogP contribution in [0.15, 0.2) is 71.5 Å². The molecular formula is C24H28N6. The van der Waals surface area contributed by atoms with Crippen LogP contribution < -0.4 is 5.32 Å². The van der Waals surface area contributed by atoms with Crippen LogP contribution in [0.5, 0.6) is 0 Å². The van der Waals surface area contributed by atoms with Crippen molar-refractivity contribution in [3.05, 3.63) is 77.6 Å². The molecule has 0 bridgehead atoms. The Morgan fingerprint density at radius 3 is 2.70 bits per heavy atom. The molecule has 6 nitrogen and oxygen atoms in total. The molecule has 1 saturated heterocycles. The highest BCUT2D eigenvalue weighted by Gasteiger charge is 2.17. The van der Waals surface area contributed by atoms with E-state index in [9.17, 15) is 0 Å². The first-order valence-corrected chi connectivity index (χ1v) is 10.5. The number of benzene rings is 2. The summed E-state index contributed by atoms with van der Waals surface area (Å²) in [4.78, 5) is 11.5. The third-order valence-corrected chi connectivity index (χ3v) is 5.24. The summed E-state index contributed by atoms with van der Waals surface area (Å²) < 4.78 is 0. The Hall–Kier alpha value is -3.41. The van der Waals surface area contributed by atoms with E-state index in [4.69, 9.17) is 4.99 Å². The standard InChI is InChI=1S/C24H28N6/c1-2-25-24(26-17-21-9-6-10-22(16-21)23-27-18-28-29-23)30-13-11-20(12-14-30)15-19-7-4-3-5-8-19/h3-10,15-16,18H,2,11-14,17H2,1H3,(H,25,26)(H,27,28,29). The van der Waals surface area contributed by atoms with Crippen LogP contribution in [-0.4, -0.2) is 45.7 Å². The van der Waals surface area contributed by atoms with Gasteiger partial charge in [-0.15, -0.1) is 0 Å². The number of aromatic amines is 1. The van der Waals surface area contributed by atoms with E-state index in [1.807, 2.05) is 12.1 Å². The van der Waals surface area contributed by atoms with Gasteiger partial charge in [-0.1, -0.05) is 60.2 Å². The third kappa shape index (κ3) is 5.14. The van der Waals surface area contributed by atoms with Crippen LogP contribution in [0, 0.1) is 0 Å². The fraction of sp³-hybridized carbons (Fsp3) is 0.292. The van der Waals surface area contributed by atoms with Crippen LogP contribution >= 0.6 is 0 Å². The van der Waals surface area contributed by atoms with Crippen molar-refractivity contribution in [3.8, 4) is 11.4 Å². The molecule has 2 N–H and O–H groups in total. The molecule has 0 atom stereocenters. The molecule has 154 valence electrons. The minimum Gasteiger partial charge on any atom is -0.357 e. The molecule has 0 amide bonds. The van der Waals surface area contributed by atoms with E-state index < -0.39 is 0 Å². The van der Waals surface area contributed by atoms with Crippen molar-refractivity contribution >= 4 is 12.0 Å². The lowest BCUT2D eigenvalue weighted by atomic mass is 10.0. The Morgan fingerprint density at radius 2 is 1.97 bits per heavy atom. The fourth-order valence-electron chi connectivity index (χ4n) is 3.69. The van der Waals surface area contributed by atoms with Gasteiger partial charge in [-0.3, -0.25) is 5.10 Å². The molecule has 0 radical (unpaired) electrons.